The Morgan fingerprint density at radius 1 is 0.679 bits per heavy atom. The van der Waals surface area contributed by atoms with Crippen molar-refractivity contribution in [2.24, 2.45) is 0 Å². The number of carbonyl (C=O) groups excluding carboxylic acids is 1. The third-order valence-corrected chi connectivity index (χ3v) is 5.40. The molecule has 0 saturated carbocycles. The van der Waals surface area contributed by atoms with Crippen LogP contribution in [-0.4, -0.2) is 23.1 Å². The maximum Gasteiger partial charge on any atom is 0.306 e. The molecule has 1 atom stereocenters. The Hall–Kier alpha value is -1.06. The summed E-state index contributed by atoms with van der Waals surface area (Å²) in [5, 5.41) is 8.67. The van der Waals surface area contributed by atoms with E-state index in [1.165, 1.54) is 77.0 Å². The molecule has 0 spiro atoms. The van der Waals surface area contributed by atoms with Crippen LogP contribution in [0.2, 0.25) is 0 Å². The number of rotatable bonds is 21. The fourth-order valence-corrected chi connectivity index (χ4v) is 3.54. The molecule has 0 aromatic rings. The lowest BCUT2D eigenvalue weighted by atomic mass is 10.0. The zero-order chi connectivity index (χ0) is 20.9. The van der Waals surface area contributed by atoms with Gasteiger partial charge < -0.3 is 9.84 Å². The summed E-state index contributed by atoms with van der Waals surface area (Å²) in [4.78, 5) is 22.4. The molecular weight excluding hydrogens is 352 g/mol. The van der Waals surface area contributed by atoms with Crippen molar-refractivity contribution >= 4 is 11.9 Å². The van der Waals surface area contributed by atoms with E-state index in [-0.39, 0.29) is 18.5 Å². The molecule has 4 nitrogen and oxygen atoms in total. The second-order valence-electron chi connectivity index (χ2n) is 8.15. The highest BCUT2D eigenvalue weighted by Crippen LogP contribution is 2.14. The van der Waals surface area contributed by atoms with Gasteiger partial charge in [0.1, 0.15) is 6.10 Å². The molecule has 0 saturated heterocycles. The summed E-state index contributed by atoms with van der Waals surface area (Å²) in [6.45, 7) is 4.24. The number of carboxylic acid groups (broad SMARTS) is 1. The summed E-state index contributed by atoms with van der Waals surface area (Å²) in [6.07, 6.45) is 20.8. The molecular formula is C24H46O4. The summed E-state index contributed by atoms with van der Waals surface area (Å²) < 4.78 is 5.46. The maximum absolute atomic E-state index is 11.9. The van der Waals surface area contributed by atoms with Crippen LogP contribution in [0.5, 0.6) is 0 Å². The first kappa shape index (κ1) is 26.9. The van der Waals surface area contributed by atoms with E-state index in [2.05, 4.69) is 6.92 Å². The van der Waals surface area contributed by atoms with E-state index < -0.39 is 5.97 Å². The molecule has 0 heterocycles. The number of carbonyl (C=O) groups is 2. The van der Waals surface area contributed by atoms with Crippen LogP contribution in [0.25, 0.3) is 0 Å². The Labute approximate surface area is 173 Å². The van der Waals surface area contributed by atoms with Crippen molar-refractivity contribution in [1.82, 2.24) is 0 Å². The summed E-state index contributed by atoms with van der Waals surface area (Å²) in [6, 6.07) is 0. The molecule has 0 aliphatic rings. The zero-order valence-electron chi connectivity index (χ0n) is 18.7. The van der Waals surface area contributed by atoms with Gasteiger partial charge in [0.2, 0.25) is 0 Å². The molecule has 0 aliphatic carbocycles. The van der Waals surface area contributed by atoms with E-state index in [1.54, 1.807) is 0 Å². The quantitative estimate of drug-likeness (QED) is 0.161. The van der Waals surface area contributed by atoms with Gasteiger partial charge in [-0.25, -0.2) is 0 Å². The molecule has 0 aromatic heterocycles. The fraction of sp³-hybridized carbons (Fsp3) is 0.917. The van der Waals surface area contributed by atoms with Gasteiger partial charge in [-0.1, -0.05) is 97.3 Å². The number of hydrogen-bond donors (Lipinski definition) is 1. The van der Waals surface area contributed by atoms with Crippen molar-refractivity contribution < 1.29 is 19.4 Å². The van der Waals surface area contributed by atoms with Crippen LogP contribution in [0, 0.1) is 0 Å². The number of hydrogen-bond acceptors (Lipinski definition) is 3. The normalized spacial score (nSPS) is 12.1. The Morgan fingerprint density at radius 3 is 1.57 bits per heavy atom. The van der Waals surface area contributed by atoms with E-state index >= 15 is 0 Å². The van der Waals surface area contributed by atoms with Crippen molar-refractivity contribution in [2.75, 3.05) is 0 Å². The lowest BCUT2D eigenvalue weighted by Crippen LogP contribution is -2.17. The first-order chi connectivity index (χ1) is 13.6. The van der Waals surface area contributed by atoms with Gasteiger partial charge >= 0.3 is 11.9 Å². The number of aliphatic carboxylic acids is 1. The molecule has 0 rings (SSSR count). The van der Waals surface area contributed by atoms with Gasteiger partial charge in [-0.3, -0.25) is 9.59 Å². The summed E-state index contributed by atoms with van der Waals surface area (Å²) in [7, 11) is 0. The predicted molar refractivity (Wildman–Crippen MR) is 117 cm³/mol. The third-order valence-electron chi connectivity index (χ3n) is 5.40. The molecule has 1 N–H and O–H groups in total. The van der Waals surface area contributed by atoms with Crippen LogP contribution >= 0.6 is 0 Å². The highest BCUT2D eigenvalue weighted by Gasteiger charge is 2.12. The highest BCUT2D eigenvalue weighted by molar-refractivity contribution is 5.69. The molecule has 166 valence electrons. The van der Waals surface area contributed by atoms with E-state index in [0.717, 1.165) is 19.3 Å². The largest absolute Gasteiger partial charge is 0.481 e. The van der Waals surface area contributed by atoms with Gasteiger partial charge in [-0.05, 0) is 25.7 Å². The smallest absolute Gasteiger partial charge is 0.306 e. The Morgan fingerprint density at radius 2 is 1.14 bits per heavy atom. The van der Waals surface area contributed by atoms with Gasteiger partial charge in [0, 0.05) is 12.8 Å². The van der Waals surface area contributed by atoms with E-state index in [4.69, 9.17) is 9.84 Å². The van der Waals surface area contributed by atoms with Crippen molar-refractivity contribution in [2.45, 2.75) is 142 Å². The molecule has 1 unspecified atom stereocenters. The van der Waals surface area contributed by atoms with Crippen molar-refractivity contribution in [3.8, 4) is 0 Å². The van der Waals surface area contributed by atoms with Crippen LogP contribution in [0.3, 0.4) is 0 Å². The molecule has 28 heavy (non-hydrogen) atoms. The minimum atomic E-state index is -0.788. The van der Waals surface area contributed by atoms with Crippen LogP contribution in [0.1, 0.15) is 136 Å². The predicted octanol–water partition coefficient (Wildman–Crippen LogP) is 7.43. The van der Waals surface area contributed by atoms with Crippen LogP contribution in [0.4, 0.5) is 0 Å². The van der Waals surface area contributed by atoms with Gasteiger partial charge in [0.05, 0.1) is 0 Å². The number of carboxylic acids is 1. The minimum absolute atomic E-state index is 0.124. The summed E-state index contributed by atoms with van der Waals surface area (Å²) in [5.74, 6) is -0.912. The first-order valence-corrected chi connectivity index (χ1v) is 12.0. The van der Waals surface area contributed by atoms with Gasteiger partial charge in [0.15, 0.2) is 0 Å². The SMILES string of the molecule is CCCCCCCCCCCCCCCCC(=O)OC(CC)CCCC(=O)O. The lowest BCUT2D eigenvalue weighted by molar-refractivity contribution is -0.149. The molecule has 0 aliphatic heterocycles. The molecule has 4 heteroatoms. The van der Waals surface area contributed by atoms with Gasteiger partial charge in [-0.2, -0.15) is 0 Å². The highest BCUT2D eigenvalue weighted by atomic mass is 16.5. The van der Waals surface area contributed by atoms with Gasteiger partial charge in [-0.15, -0.1) is 0 Å². The topological polar surface area (TPSA) is 63.6 Å². The van der Waals surface area contributed by atoms with E-state index in [9.17, 15) is 9.59 Å². The molecule has 0 fully saturated rings. The standard InChI is InChI=1S/C24H46O4/c1-3-5-6-7-8-9-10-11-12-13-14-15-16-17-21-24(27)28-22(4-2)19-18-20-23(25)26/h22H,3-21H2,1-2H3,(H,25,26). The Kier molecular flexibility index (Phi) is 19.9. The monoisotopic (exact) mass is 398 g/mol. The van der Waals surface area contributed by atoms with Crippen LogP contribution in [0.15, 0.2) is 0 Å². The van der Waals surface area contributed by atoms with Crippen molar-refractivity contribution in [3.05, 3.63) is 0 Å². The fourth-order valence-electron chi connectivity index (χ4n) is 3.54. The number of esters is 1. The van der Waals surface area contributed by atoms with Crippen LogP contribution in [-0.2, 0) is 14.3 Å². The second kappa shape index (κ2) is 20.7. The summed E-state index contributed by atoms with van der Waals surface area (Å²) >= 11 is 0. The van der Waals surface area contributed by atoms with Crippen molar-refractivity contribution in [1.29, 1.82) is 0 Å². The maximum atomic E-state index is 11.9. The Bertz CT molecular complexity index is 368. The molecule has 0 bridgehead atoms. The van der Waals surface area contributed by atoms with E-state index in [0.29, 0.717) is 19.3 Å². The molecule has 0 aromatic carbocycles. The number of unbranched alkanes of at least 4 members (excludes halogenated alkanes) is 13. The summed E-state index contributed by atoms with van der Waals surface area (Å²) in [5.41, 5.74) is 0. The first-order valence-electron chi connectivity index (χ1n) is 12.0. The molecule has 0 amide bonds. The third kappa shape index (κ3) is 19.7. The van der Waals surface area contributed by atoms with Crippen molar-refractivity contribution in [3.63, 3.8) is 0 Å². The van der Waals surface area contributed by atoms with Gasteiger partial charge in [0.25, 0.3) is 0 Å². The Balaban J connectivity index is 3.38. The van der Waals surface area contributed by atoms with E-state index in [1.807, 2.05) is 6.92 Å². The average molecular weight is 399 g/mol. The number of ether oxygens (including phenoxy) is 1. The zero-order valence-corrected chi connectivity index (χ0v) is 18.7. The average Bonchev–Trinajstić information content (AvgIpc) is 2.67. The minimum Gasteiger partial charge on any atom is -0.481 e. The lowest BCUT2D eigenvalue weighted by Gasteiger charge is -2.15. The molecule has 0 radical (unpaired) electrons. The second-order valence-corrected chi connectivity index (χ2v) is 8.15. The van der Waals surface area contributed by atoms with Crippen LogP contribution < -0.4 is 0 Å².